The molecule has 1 rings (SSSR count). The molecule has 3 nitrogen and oxygen atoms in total. The molecule has 0 fully saturated rings. The minimum Gasteiger partial charge on any atom is -0.496 e. The van der Waals surface area contributed by atoms with Crippen molar-refractivity contribution in [2.45, 2.75) is 33.6 Å². The Labute approximate surface area is 109 Å². The molecular formula is C15H22O3. The summed E-state index contributed by atoms with van der Waals surface area (Å²) in [5.41, 5.74) is 1.99. The van der Waals surface area contributed by atoms with Crippen LogP contribution in [-0.2, 0) is 16.0 Å². The lowest BCUT2D eigenvalue weighted by Crippen LogP contribution is -2.10. The van der Waals surface area contributed by atoms with Crippen LogP contribution in [0.2, 0.25) is 0 Å². The van der Waals surface area contributed by atoms with Crippen LogP contribution < -0.4 is 4.74 Å². The van der Waals surface area contributed by atoms with Gasteiger partial charge in [0, 0.05) is 0 Å². The number of hydrogen-bond donors (Lipinski definition) is 0. The largest absolute Gasteiger partial charge is 0.496 e. The molecule has 0 aliphatic carbocycles. The predicted octanol–water partition coefficient (Wildman–Crippen LogP) is 3.14. The Morgan fingerprint density at radius 1 is 1.33 bits per heavy atom. The third kappa shape index (κ3) is 4.78. The van der Waals surface area contributed by atoms with E-state index in [0.29, 0.717) is 18.9 Å². The van der Waals surface area contributed by atoms with E-state index < -0.39 is 0 Å². The number of methoxy groups -OCH3 is 1. The van der Waals surface area contributed by atoms with E-state index in [1.165, 1.54) is 0 Å². The van der Waals surface area contributed by atoms with Gasteiger partial charge in [-0.2, -0.15) is 0 Å². The molecule has 0 saturated heterocycles. The van der Waals surface area contributed by atoms with E-state index in [-0.39, 0.29) is 5.97 Å². The SMILES string of the molecule is COc1cc(CC(=O)OCCC(C)C)ccc1C. The smallest absolute Gasteiger partial charge is 0.310 e. The summed E-state index contributed by atoms with van der Waals surface area (Å²) < 4.78 is 10.4. The molecule has 0 spiro atoms. The van der Waals surface area contributed by atoms with Gasteiger partial charge < -0.3 is 9.47 Å². The van der Waals surface area contributed by atoms with Crippen LogP contribution in [0, 0.1) is 12.8 Å². The molecule has 0 N–H and O–H groups in total. The van der Waals surface area contributed by atoms with Gasteiger partial charge in [-0.05, 0) is 36.5 Å². The molecule has 0 unspecified atom stereocenters. The Morgan fingerprint density at radius 2 is 2.06 bits per heavy atom. The second kappa shape index (κ2) is 7.04. The van der Waals surface area contributed by atoms with Gasteiger partial charge in [-0.3, -0.25) is 4.79 Å². The summed E-state index contributed by atoms with van der Waals surface area (Å²) in [7, 11) is 1.63. The van der Waals surface area contributed by atoms with Crippen LogP contribution in [0.4, 0.5) is 0 Å². The standard InChI is InChI=1S/C15H22O3/c1-11(2)7-8-18-15(16)10-13-6-5-12(3)14(9-13)17-4/h5-6,9,11H,7-8,10H2,1-4H3. The normalized spacial score (nSPS) is 10.5. The maximum absolute atomic E-state index is 11.6. The van der Waals surface area contributed by atoms with E-state index in [1.807, 2.05) is 25.1 Å². The number of rotatable bonds is 6. The Bertz CT molecular complexity index is 397. The molecule has 1 aromatic rings. The Morgan fingerprint density at radius 3 is 2.67 bits per heavy atom. The quantitative estimate of drug-likeness (QED) is 0.728. The fourth-order valence-electron chi connectivity index (χ4n) is 1.60. The molecule has 0 aliphatic heterocycles. The monoisotopic (exact) mass is 250 g/mol. The number of ether oxygens (including phenoxy) is 2. The number of carbonyl (C=O) groups is 1. The third-order valence-corrected chi connectivity index (χ3v) is 2.78. The molecule has 18 heavy (non-hydrogen) atoms. The molecule has 0 bridgehead atoms. The molecule has 0 aromatic heterocycles. The fourth-order valence-corrected chi connectivity index (χ4v) is 1.60. The van der Waals surface area contributed by atoms with Crippen molar-refractivity contribution in [2.24, 2.45) is 5.92 Å². The summed E-state index contributed by atoms with van der Waals surface area (Å²) in [5, 5.41) is 0. The van der Waals surface area contributed by atoms with Gasteiger partial charge in [0.25, 0.3) is 0 Å². The van der Waals surface area contributed by atoms with Crippen molar-refractivity contribution in [1.82, 2.24) is 0 Å². The summed E-state index contributed by atoms with van der Waals surface area (Å²) in [6.07, 6.45) is 1.21. The van der Waals surface area contributed by atoms with Gasteiger partial charge >= 0.3 is 5.97 Å². The lowest BCUT2D eigenvalue weighted by atomic mass is 10.1. The van der Waals surface area contributed by atoms with Crippen molar-refractivity contribution in [3.8, 4) is 5.75 Å². The molecule has 1 aromatic carbocycles. The van der Waals surface area contributed by atoms with Crippen molar-refractivity contribution in [1.29, 1.82) is 0 Å². The van der Waals surface area contributed by atoms with Gasteiger partial charge in [0.05, 0.1) is 20.1 Å². The molecule has 0 atom stereocenters. The summed E-state index contributed by atoms with van der Waals surface area (Å²) in [5.74, 6) is 1.18. The number of aryl methyl sites for hydroxylation is 1. The second-order valence-corrected chi connectivity index (χ2v) is 4.88. The van der Waals surface area contributed by atoms with Gasteiger partial charge in [0.15, 0.2) is 0 Å². The molecule has 3 heteroatoms. The van der Waals surface area contributed by atoms with E-state index in [9.17, 15) is 4.79 Å². The maximum atomic E-state index is 11.6. The van der Waals surface area contributed by atoms with Crippen molar-refractivity contribution >= 4 is 5.97 Å². The van der Waals surface area contributed by atoms with E-state index >= 15 is 0 Å². The Hall–Kier alpha value is -1.51. The second-order valence-electron chi connectivity index (χ2n) is 4.88. The summed E-state index contributed by atoms with van der Waals surface area (Å²) in [6.45, 7) is 6.69. The first-order valence-corrected chi connectivity index (χ1v) is 6.32. The highest BCUT2D eigenvalue weighted by atomic mass is 16.5. The van der Waals surface area contributed by atoms with Crippen LogP contribution in [0.25, 0.3) is 0 Å². The van der Waals surface area contributed by atoms with Gasteiger partial charge in [-0.15, -0.1) is 0 Å². The Kier molecular flexibility index (Phi) is 5.69. The van der Waals surface area contributed by atoms with E-state index in [0.717, 1.165) is 23.3 Å². The topological polar surface area (TPSA) is 35.5 Å². The highest BCUT2D eigenvalue weighted by Gasteiger charge is 2.07. The molecule has 0 aliphatic rings. The number of benzene rings is 1. The molecule has 0 radical (unpaired) electrons. The van der Waals surface area contributed by atoms with Crippen molar-refractivity contribution in [3.05, 3.63) is 29.3 Å². The third-order valence-electron chi connectivity index (χ3n) is 2.78. The first-order valence-electron chi connectivity index (χ1n) is 6.32. The minimum atomic E-state index is -0.179. The van der Waals surface area contributed by atoms with Gasteiger partial charge in [-0.1, -0.05) is 26.0 Å². The molecule has 0 heterocycles. The van der Waals surface area contributed by atoms with Crippen molar-refractivity contribution in [3.63, 3.8) is 0 Å². The van der Waals surface area contributed by atoms with Crippen molar-refractivity contribution in [2.75, 3.05) is 13.7 Å². The lowest BCUT2D eigenvalue weighted by molar-refractivity contribution is -0.143. The van der Waals surface area contributed by atoms with Crippen LogP contribution in [-0.4, -0.2) is 19.7 Å². The van der Waals surface area contributed by atoms with Gasteiger partial charge in [-0.25, -0.2) is 0 Å². The average molecular weight is 250 g/mol. The summed E-state index contributed by atoms with van der Waals surface area (Å²) >= 11 is 0. The van der Waals surface area contributed by atoms with Gasteiger partial charge in [0.1, 0.15) is 5.75 Å². The fraction of sp³-hybridized carbons (Fsp3) is 0.533. The summed E-state index contributed by atoms with van der Waals surface area (Å²) in [6, 6.07) is 5.77. The van der Waals surface area contributed by atoms with E-state index in [4.69, 9.17) is 9.47 Å². The molecule has 0 saturated carbocycles. The number of esters is 1. The van der Waals surface area contributed by atoms with Crippen LogP contribution >= 0.6 is 0 Å². The summed E-state index contributed by atoms with van der Waals surface area (Å²) in [4.78, 5) is 11.6. The average Bonchev–Trinajstić information content (AvgIpc) is 2.31. The number of hydrogen-bond acceptors (Lipinski definition) is 3. The van der Waals surface area contributed by atoms with E-state index in [2.05, 4.69) is 13.8 Å². The molecule has 100 valence electrons. The predicted molar refractivity (Wildman–Crippen MR) is 71.8 cm³/mol. The first-order chi connectivity index (χ1) is 8.52. The zero-order valence-corrected chi connectivity index (χ0v) is 11.7. The first kappa shape index (κ1) is 14.6. The molecule has 0 amide bonds. The van der Waals surface area contributed by atoms with Crippen LogP contribution in [0.1, 0.15) is 31.4 Å². The highest BCUT2D eigenvalue weighted by Crippen LogP contribution is 2.19. The zero-order chi connectivity index (χ0) is 13.5. The molecular weight excluding hydrogens is 228 g/mol. The zero-order valence-electron chi connectivity index (χ0n) is 11.7. The van der Waals surface area contributed by atoms with Crippen LogP contribution in [0.15, 0.2) is 18.2 Å². The van der Waals surface area contributed by atoms with Crippen LogP contribution in [0.5, 0.6) is 5.75 Å². The Balaban J connectivity index is 2.49. The van der Waals surface area contributed by atoms with Crippen LogP contribution in [0.3, 0.4) is 0 Å². The van der Waals surface area contributed by atoms with Gasteiger partial charge in [0.2, 0.25) is 0 Å². The van der Waals surface area contributed by atoms with E-state index in [1.54, 1.807) is 7.11 Å². The minimum absolute atomic E-state index is 0.179. The highest BCUT2D eigenvalue weighted by molar-refractivity contribution is 5.72. The lowest BCUT2D eigenvalue weighted by Gasteiger charge is -2.09. The number of carbonyl (C=O) groups excluding carboxylic acids is 1. The van der Waals surface area contributed by atoms with Crippen molar-refractivity contribution < 1.29 is 14.3 Å². The maximum Gasteiger partial charge on any atom is 0.310 e.